The maximum Gasteiger partial charge on any atom is 0.416 e. The molecule has 0 spiro atoms. The van der Waals surface area contributed by atoms with Gasteiger partial charge in [0.05, 0.1) is 5.56 Å². The summed E-state index contributed by atoms with van der Waals surface area (Å²) >= 11 is 0. The minimum atomic E-state index is -4.34. The van der Waals surface area contributed by atoms with Crippen molar-refractivity contribution in [3.63, 3.8) is 0 Å². The lowest BCUT2D eigenvalue weighted by Crippen LogP contribution is -2.47. The van der Waals surface area contributed by atoms with Crippen LogP contribution in [0.25, 0.3) is 0 Å². The monoisotopic (exact) mass is 358 g/mol. The maximum absolute atomic E-state index is 12.8. The third-order valence-corrected chi connectivity index (χ3v) is 4.04. The molecule has 1 aromatic carbocycles. The Morgan fingerprint density at radius 1 is 1.20 bits per heavy atom. The molecule has 0 bridgehead atoms. The molecule has 0 radical (unpaired) electrons. The highest BCUT2D eigenvalue weighted by molar-refractivity contribution is 5.68. The van der Waals surface area contributed by atoms with Gasteiger partial charge in [-0.15, -0.1) is 0 Å². The summed E-state index contributed by atoms with van der Waals surface area (Å²) in [7, 11) is 0. The Labute approximate surface area is 146 Å². The Balaban J connectivity index is 1.90. The van der Waals surface area contributed by atoms with Crippen LogP contribution in [0.3, 0.4) is 0 Å². The minimum absolute atomic E-state index is 0.0158. The number of alkyl halides is 3. The molecule has 7 heteroatoms. The molecule has 2 rings (SSSR count). The van der Waals surface area contributed by atoms with Crippen LogP contribution in [0.2, 0.25) is 0 Å². The average Bonchev–Trinajstić information content (AvgIpc) is 2.89. The van der Waals surface area contributed by atoms with Gasteiger partial charge < -0.3 is 15.4 Å². The van der Waals surface area contributed by atoms with Gasteiger partial charge in [-0.3, -0.25) is 0 Å². The number of rotatable bonds is 4. The van der Waals surface area contributed by atoms with Crippen molar-refractivity contribution >= 4 is 6.09 Å². The molecule has 0 aliphatic heterocycles. The molecule has 2 atom stereocenters. The molecular weight excluding hydrogens is 333 g/mol. The Morgan fingerprint density at radius 3 is 2.52 bits per heavy atom. The second-order valence-electron chi connectivity index (χ2n) is 7.37. The fourth-order valence-corrected chi connectivity index (χ4v) is 2.94. The molecule has 140 valence electrons. The van der Waals surface area contributed by atoms with Crippen molar-refractivity contribution in [3.8, 4) is 0 Å². The normalized spacial score (nSPS) is 21.2. The quantitative estimate of drug-likeness (QED) is 0.846. The van der Waals surface area contributed by atoms with Crippen LogP contribution in [0, 0.1) is 0 Å². The molecule has 1 aliphatic rings. The third-order valence-electron chi connectivity index (χ3n) is 4.04. The van der Waals surface area contributed by atoms with Crippen molar-refractivity contribution in [3.05, 3.63) is 35.4 Å². The highest BCUT2D eigenvalue weighted by Gasteiger charge is 2.31. The van der Waals surface area contributed by atoms with Crippen LogP contribution < -0.4 is 10.6 Å². The molecule has 1 fully saturated rings. The van der Waals surface area contributed by atoms with Crippen molar-refractivity contribution in [2.75, 3.05) is 0 Å². The molecule has 1 amide bonds. The number of halogens is 3. The zero-order chi connectivity index (χ0) is 18.7. The molecule has 0 aromatic heterocycles. The van der Waals surface area contributed by atoms with Crippen molar-refractivity contribution in [2.45, 2.75) is 70.4 Å². The number of nitrogens with one attached hydrogen (secondary N) is 2. The van der Waals surface area contributed by atoms with E-state index in [2.05, 4.69) is 10.6 Å². The number of amides is 1. The second-order valence-corrected chi connectivity index (χ2v) is 7.37. The number of carbonyl (C=O) groups is 1. The van der Waals surface area contributed by atoms with Crippen molar-refractivity contribution in [2.24, 2.45) is 0 Å². The van der Waals surface area contributed by atoms with Crippen molar-refractivity contribution in [1.82, 2.24) is 10.6 Å². The molecule has 1 saturated carbocycles. The summed E-state index contributed by atoms with van der Waals surface area (Å²) in [5, 5.41) is 6.11. The summed E-state index contributed by atoms with van der Waals surface area (Å²) in [5.74, 6) is 0. The van der Waals surface area contributed by atoms with Crippen molar-refractivity contribution in [1.29, 1.82) is 0 Å². The van der Waals surface area contributed by atoms with E-state index >= 15 is 0 Å². The van der Waals surface area contributed by atoms with Gasteiger partial charge in [0.1, 0.15) is 5.60 Å². The van der Waals surface area contributed by atoms with E-state index < -0.39 is 23.4 Å². The zero-order valence-corrected chi connectivity index (χ0v) is 14.7. The van der Waals surface area contributed by atoms with Gasteiger partial charge in [0.2, 0.25) is 0 Å². The largest absolute Gasteiger partial charge is 0.444 e. The second kappa shape index (κ2) is 7.64. The average molecular weight is 358 g/mol. The maximum atomic E-state index is 12.8. The molecule has 1 aromatic rings. The van der Waals surface area contributed by atoms with Crippen LogP contribution in [0.1, 0.15) is 51.2 Å². The molecule has 25 heavy (non-hydrogen) atoms. The number of ether oxygens (including phenoxy) is 1. The van der Waals surface area contributed by atoms with Gasteiger partial charge in [0.15, 0.2) is 0 Å². The highest BCUT2D eigenvalue weighted by atomic mass is 19.4. The van der Waals surface area contributed by atoms with Crippen LogP contribution in [0.15, 0.2) is 24.3 Å². The van der Waals surface area contributed by atoms with Gasteiger partial charge in [0.25, 0.3) is 0 Å². The van der Waals surface area contributed by atoms with Gasteiger partial charge in [0, 0.05) is 18.6 Å². The predicted molar refractivity (Wildman–Crippen MR) is 89.1 cm³/mol. The minimum Gasteiger partial charge on any atom is -0.444 e. The van der Waals surface area contributed by atoms with Gasteiger partial charge in [-0.05, 0) is 51.7 Å². The Morgan fingerprint density at radius 2 is 1.88 bits per heavy atom. The third kappa shape index (κ3) is 6.23. The summed E-state index contributed by atoms with van der Waals surface area (Å²) in [6.07, 6.45) is -2.19. The van der Waals surface area contributed by atoms with E-state index in [1.54, 1.807) is 26.8 Å². The lowest BCUT2D eigenvalue weighted by atomic mass is 10.1. The molecule has 1 aliphatic carbocycles. The summed E-state index contributed by atoms with van der Waals surface area (Å²) < 4.78 is 43.6. The predicted octanol–water partition coefficient (Wildman–Crippen LogP) is 4.24. The highest BCUT2D eigenvalue weighted by Crippen LogP contribution is 2.29. The smallest absolute Gasteiger partial charge is 0.416 e. The number of benzene rings is 1. The van der Waals surface area contributed by atoms with Crippen LogP contribution >= 0.6 is 0 Å². The van der Waals surface area contributed by atoms with Crippen molar-refractivity contribution < 1.29 is 22.7 Å². The van der Waals surface area contributed by atoms with Crippen LogP contribution in [0.4, 0.5) is 18.0 Å². The Hall–Kier alpha value is -1.76. The van der Waals surface area contributed by atoms with Gasteiger partial charge in [-0.25, -0.2) is 4.79 Å². The summed E-state index contributed by atoms with van der Waals surface area (Å²) in [6, 6.07) is 5.21. The summed E-state index contributed by atoms with van der Waals surface area (Å²) in [4.78, 5) is 11.9. The Kier molecular flexibility index (Phi) is 5.98. The lowest BCUT2D eigenvalue weighted by molar-refractivity contribution is -0.137. The number of alkyl carbamates (subject to hydrolysis) is 1. The molecule has 0 heterocycles. The standard InChI is InChI=1S/C18H25F3N2O2/c1-17(2,3)25-16(24)23-15-9-5-8-14(15)22-11-12-6-4-7-13(10-12)18(19,20)21/h4,6-7,10,14-15,22H,5,8-9,11H2,1-3H3,(H,23,24). The van der Waals surface area contributed by atoms with E-state index in [0.717, 1.165) is 31.4 Å². The van der Waals surface area contributed by atoms with Gasteiger partial charge in [-0.2, -0.15) is 13.2 Å². The zero-order valence-electron chi connectivity index (χ0n) is 14.7. The topological polar surface area (TPSA) is 50.4 Å². The first-order chi connectivity index (χ1) is 11.5. The number of hydrogen-bond donors (Lipinski definition) is 2. The summed E-state index contributed by atoms with van der Waals surface area (Å²) in [6.45, 7) is 5.71. The molecule has 0 saturated heterocycles. The van der Waals surface area contributed by atoms with E-state index in [1.165, 1.54) is 6.07 Å². The lowest BCUT2D eigenvalue weighted by Gasteiger charge is -2.25. The van der Waals surface area contributed by atoms with E-state index in [1.807, 2.05) is 0 Å². The van der Waals surface area contributed by atoms with Gasteiger partial charge in [-0.1, -0.05) is 18.2 Å². The molecule has 4 nitrogen and oxygen atoms in total. The van der Waals surface area contributed by atoms with E-state index in [0.29, 0.717) is 12.1 Å². The molecule has 2 N–H and O–H groups in total. The van der Waals surface area contributed by atoms with Gasteiger partial charge >= 0.3 is 12.3 Å². The van der Waals surface area contributed by atoms with Crippen LogP contribution in [-0.2, 0) is 17.5 Å². The molecule has 2 unspecified atom stereocenters. The number of hydrogen-bond acceptors (Lipinski definition) is 3. The van der Waals surface area contributed by atoms with E-state index in [4.69, 9.17) is 4.74 Å². The summed E-state index contributed by atoms with van der Waals surface area (Å²) in [5.41, 5.74) is -0.650. The number of carbonyl (C=O) groups excluding carboxylic acids is 1. The first-order valence-electron chi connectivity index (χ1n) is 8.43. The Bertz CT molecular complexity index is 597. The van der Waals surface area contributed by atoms with E-state index in [-0.39, 0.29) is 12.1 Å². The van der Waals surface area contributed by atoms with E-state index in [9.17, 15) is 18.0 Å². The van der Waals surface area contributed by atoms with Crippen LogP contribution in [0.5, 0.6) is 0 Å². The fourth-order valence-electron chi connectivity index (χ4n) is 2.94. The van der Waals surface area contributed by atoms with Crippen LogP contribution in [-0.4, -0.2) is 23.8 Å². The SMILES string of the molecule is CC(C)(C)OC(=O)NC1CCCC1NCc1cccc(C(F)(F)F)c1. The fraction of sp³-hybridized carbons (Fsp3) is 0.611. The molecular formula is C18H25F3N2O2. The first kappa shape index (κ1) is 19.6. The first-order valence-corrected chi connectivity index (χ1v) is 8.43.